The Labute approximate surface area is 249 Å². The number of carbonyl (C=O) groups excluding carboxylic acids is 1. The Hall–Kier alpha value is -3.36. The molecule has 0 saturated carbocycles. The number of hydrogen-bond donors (Lipinski definition) is 3. The fraction of sp³-hybridized carbons (Fsp3) is 0.393. The van der Waals surface area contributed by atoms with Crippen LogP contribution in [-0.2, 0) is 26.1 Å². The number of amides is 1. The molecule has 2 aromatic carbocycles. The topological polar surface area (TPSA) is 142 Å². The first kappa shape index (κ1) is 31.6. The SMILES string of the molecule is C=NC(=NC1CCOCC1)N/C(=C(\C)Cl)c1ccc2c(c1)S(=O)(=O)N(CC(=O)N[C@H](CO)c1cc(F)cc(OC)c1)C2. The van der Waals surface area contributed by atoms with Crippen molar-refractivity contribution < 1.29 is 32.2 Å². The largest absolute Gasteiger partial charge is 0.497 e. The molecule has 0 aromatic heterocycles. The van der Waals surface area contributed by atoms with Crippen LogP contribution in [0.25, 0.3) is 5.70 Å². The first-order valence-corrected chi connectivity index (χ1v) is 15.0. The average Bonchev–Trinajstić information content (AvgIpc) is 3.22. The van der Waals surface area contributed by atoms with E-state index in [4.69, 9.17) is 21.1 Å². The maximum Gasteiger partial charge on any atom is 0.244 e. The number of benzene rings is 2. The van der Waals surface area contributed by atoms with E-state index in [9.17, 15) is 22.7 Å². The Morgan fingerprint density at radius 2 is 2.02 bits per heavy atom. The molecule has 0 aliphatic carbocycles. The van der Waals surface area contributed by atoms with E-state index < -0.39 is 40.9 Å². The predicted molar refractivity (Wildman–Crippen MR) is 157 cm³/mol. The van der Waals surface area contributed by atoms with E-state index in [1.165, 1.54) is 19.2 Å². The fourth-order valence-corrected chi connectivity index (χ4v) is 6.51. The summed E-state index contributed by atoms with van der Waals surface area (Å²) < 4.78 is 52.3. The quantitative estimate of drug-likeness (QED) is 0.289. The number of methoxy groups -OCH3 is 1. The van der Waals surface area contributed by atoms with Gasteiger partial charge in [0.15, 0.2) is 0 Å². The Balaban J connectivity index is 1.50. The minimum Gasteiger partial charge on any atom is -0.497 e. The highest BCUT2D eigenvalue weighted by Crippen LogP contribution is 2.33. The molecule has 2 aromatic rings. The summed E-state index contributed by atoms with van der Waals surface area (Å²) in [7, 11) is -2.68. The van der Waals surface area contributed by atoms with Gasteiger partial charge in [-0.2, -0.15) is 4.31 Å². The number of nitrogens with one attached hydrogen (secondary N) is 2. The van der Waals surface area contributed by atoms with Gasteiger partial charge in [0.25, 0.3) is 0 Å². The van der Waals surface area contributed by atoms with Crippen molar-refractivity contribution in [3.63, 3.8) is 0 Å². The molecule has 0 spiro atoms. The molecular weight excluding hydrogens is 589 g/mol. The van der Waals surface area contributed by atoms with Crippen LogP contribution < -0.4 is 15.4 Å². The number of aliphatic hydroxyl groups is 1. The Bertz CT molecular complexity index is 1510. The molecule has 1 fully saturated rings. The van der Waals surface area contributed by atoms with Crippen molar-refractivity contribution in [1.29, 1.82) is 0 Å². The molecule has 11 nitrogen and oxygen atoms in total. The molecule has 0 unspecified atom stereocenters. The number of halogens is 2. The second kappa shape index (κ2) is 13.7. The summed E-state index contributed by atoms with van der Waals surface area (Å²) in [5, 5.41) is 15.8. The fourth-order valence-electron chi connectivity index (χ4n) is 4.74. The van der Waals surface area contributed by atoms with Crippen LogP contribution in [-0.4, -0.2) is 75.9 Å². The molecule has 226 valence electrons. The molecule has 2 aliphatic heterocycles. The summed E-state index contributed by atoms with van der Waals surface area (Å²) in [5.74, 6) is -0.801. The minimum absolute atomic E-state index is 0.0112. The lowest BCUT2D eigenvalue weighted by molar-refractivity contribution is -0.122. The van der Waals surface area contributed by atoms with Gasteiger partial charge in [-0.25, -0.2) is 22.8 Å². The number of rotatable bonds is 9. The number of aliphatic hydroxyl groups excluding tert-OH is 1. The molecule has 4 rings (SSSR count). The Kier molecular flexibility index (Phi) is 10.3. The highest BCUT2D eigenvalue weighted by molar-refractivity contribution is 7.89. The Morgan fingerprint density at radius 3 is 2.67 bits per heavy atom. The summed E-state index contributed by atoms with van der Waals surface area (Å²) in [5.41, 5.74) is 1.68. The first-order chi connectivity index (χ1) is 20.0. The van der Waals surface area contributed by atoms with Crippen LogP contribution in [0.1, 0.15) is 42.5 Å². The van der Waals surface area contributed by atoms with Crippen LogP contribution in [0.2, 0.25) is 0 Å². The van der Waals surface area contributed by atoms with Crippen molar-refractivity contribution in [2.24, 2.45) is 9.98 Å². The monoisotopic (exact) mass is 621 g/mol. The third kappa shape index (κ3) is 7.34. The normalized spacial score (nSPS) is 18.5. The van der Waals surface area contributed by atoms with E-state index in [2.05, 4.69) is 27.3 Å². The number of ether oxygens (including phenoxy) is 2. The van der Waals surface area contributed by atoms with Gasteiger partial charge < -0.3 is 25.2 Å². The van der Waals surface area contributed by atoms with Crippen molar-refractivity contribution in [2.45, 2.75) is 43.3 Å². The van der Waals surface area contributed by atoms with Crippen molar-refractivity contribution >= 4 is 45.9 Å². The zero-order chi connectivity index (χ0) is 30.4. The van der Waals surface area contributed by atoms with Crippen LogP contribution in [0.4, 0.5) is 4.39 Å². The summed E-state index contributed by atoms with van der Waals surface area (Å²) in [6, 6.07) is 7.72. The third-order valence-corrected chi connectivity index (χ3v) is 8.98. The number of sulfonamides is 1. The average molecular weight is 622 g/mol. The first-order valence-electron chi connectivity index (χ1n) is 13.2. The molecule has 1 amide bonds. The Morgan fingerprint density at radius 1 is 1.29 bits per heavy atom. The van der Waals surface area contributed by atoms with Crippen LogP contribution in [0, 0.1) is 5.82 Å². The molecule has 2 aliphatic rings. The number of aliphatic imine (C=N–C) groups is 2. The van der Waals surface area contributed by atoms with E-state index in [0.29, 0.717) is 35.1 Å². The molecule has 2 heterocycles. The number of guanidine groups is 1. The molecule has 0 radical (unpaired) electrons. The van der Waals surface area contributed by atoms with Crippen molar-refractivity contribution in [3.05, 3.63) is 63.9 Å². The number of hydrogen-bond acceptors (Lipinski definition) is 7. The van der Waals surface area contributed by atoms with Gasteiger partial charge in [-0.15, -0.1) is 0 Å². The molecular formula is C28H33ClFN5O6S. The van der Waals surface area contributed by atoms with Gasteiger partial charge in [-0.1, -0.05) is 23.7 Å². The highest BCUT2D eigenvalue weighted by Gasteiger charge is 2.36. The lowest BCUT2D eigenvalue weighted by atomic mass is 10.1. The number of nitrogens with zero attached hydrogens (tertiary/aromatic N) is 3. The van der Waals surface area contributed by atoms with Crippen molar-refractivity contribution in [2.75, 3.05) is 33.5 Å². The molecule has 0 bridgehead atoms. The molecule has 3 N–H and O–H groups in total. The van der Waals surface area contributed by atoms with Crippen molar-refractivity contribution in [1.82, 2.24) is 14.9 Å². The number of allylic oxidation sites excluding steroid dienone is 1. The predicted octanol–water partition coefficient (Wildman–Crippen LogP) is 2.94. The van der Waals surface area contributed by atoms with E-state index in [-0.39, 0.29) is 34.8 Å². The highest BCUT2D eigenvalue weighted by atomic mass is 35.5. The van der Waals surface area contributed by atoms with Crippen LogP contribution in [0.3, 0.4) is 0 Å². The van der Waals surface area contributed by atoms with Crippen molar-refractivity contribution in [3.8, 4) is 5.75 Å². The summed E-state index contributed by atoms with van der Waals surface area (Å²) in [6.07, 6.45) is 1.49. The van der Waals surface area contributed by atoms with E-state index in [0.717, 1.165) is 29.3 Å². The summed E-state index contributed by atoms with van der Waals surface area (Å²) >= 11 is 6.40. The lowest BCUT2D eigenvalue weighted by Crippen LogP contribution is -2.40. The standard InChI is InChI=1S/C28H33ClFN5O6S/c1-17(29)27(34-28(31-2)32-22-6-8-41-9-7-22)18-4-5-19-14-35(42(38,39)25(19)12-18)15-26(37)33-24(16-36)20-10-21(30)13-23(11-20)40-3/h4-5,10-13,22,24,36H,2,6-9,14-16H2,1,3H3,(H,32,34)(H,33,37)/b27-17+/t24-/m1/s1. The zero-order valence-electron chi connectivity index (χ0n) is 23.3. The van der Waals surface area contributed by atoms with Gasteiger partial charge in [0.2, 0.25) is 21.9 Å². The van der Waals surface area contributed by atoms with Crippen LogP contribution >= 0.6 is 11.6 Å². The lowest BCUT2D eigenvalue weighted by Gasteiger charge is -2.20. The zero-order valence-corrected chi connectivity index (χ0v) is 24.8. The van der Waals surface area contributed by atoms with E-state index in [1.54, 1.807) is 19.1 Å². The molecule has 1 atom stereocenters. The molecule has 1 saturated heterocycles. The second-order valence-electron chi connectivity index (χ2n) is 9.81. The minimum atomic E-state index is -4.05. The van der Waals surface area contributed by atoms with E-state index >= 15 is 0 Å². The van der Waals surface area contributed by atoms with Gasteiger partial charge >= 0.3 is 0 Å². The van der Waals surface area contributed by atoms with E-state index in [1.807, 2.05) is 0 Å². The smallest absolute Gasteiger partial charge is 0.244 e. The van der Waals surface area contributed by atoms with Gasteiger partial charge in [0, 0.05) is 36.4 Å². The number of fused-ring (bicyclic) bond motifs is 1. The third-order valence-electron chi connectivity index (χ3n) is 6.92. The van der Waals surface area contributed by atoms with Crippen LogP contribution in [0.5, 0.6) is 5.75 Å². The summed E-state index contributed by atoms with van der Waals surface area (Å²) in [6.45, 7) is 5.38. The van der Waals surface area contributed by atoms with Gasteiger partial charge in [0.1, 0.15) is 11.6 Å². The van der Waals surface area contributed by atoms with Gasteiger partial charge in [-0.3, -0.25) is 4.79 Å². The number of carbonyl (C=O) groups is 1. The van der Waals surface area contributed by atoms with Gasteiger partial charge in [0.05, 0.1) is 42.9 Å². The molecule has 14 heteroatoms. The maximum absolute atomic E-state index is 14.0. The molecule has 42 heavy (non-hydrogen) atoms. The van der Waals surface area contributed by atoms with Crippen LogP contribution in [0.15, 0.2) is 56.3 Å². The second-order valence-corrected chi connectivity index (χ2v) is 12.3. The summed E-state index contributed by atoms with van der Waals surface area (Å²) in [4.78, 5) is 21.5. The van der Waals surface area contributed by atoms with Gasteiger partial charge in [-0.05, 0) is 55.8 Å². The maximum atomic E-state index is 14.0.